The Morgan fingerprint density at radius 1 is 1.67 bits per heavy atom. The van der Waals surface area contributed by atoms with Crippen molar-refractivity contribution in [2.75, 3.05) is 13.1 Å². The molecule has 1 rings (SSSR count). The molecule has 0 aromatic rings. The van der Waals surface area contributed by atoms with Crippen LogP contribution in [0.5, 0.6) is 0 Å². The van der Waals surface area contributed by atoms with Crippen LogP contribution in [-0.4, -0.2) is 29.8 Å². The summed E-state index contributed by atoms with van der Waals surface area (Å²) in [5.74, 6) is 0.416. The second-order valence-electron chi connectivity index (χ2n) is 2.45. The van der Waals surface area contributed by atoms with Gasteiger partial charge in [0, 0.05) is 0 Å². The monoisotopic (exact) mass is 127 g/mol. The number of ketones is 1. The second kappa shape index (κ2) is 2.48. The summed E-state index contributed by atoms with van der Waals surface area (Å²) in [6.45, 7) is 5.86. The highest BCUT2D eigenvalue weighted by atomic mass is 16.1. The van der Waals surface area contributed by atoms with Crippen molar-refractivity contribution in [1.82, 2.24) is 4.90 Å². The van der Waals surface area contributed by atoms with Gasteiger partial charge in [-0.3, -0.25) is 9.69 Å². The molecule has 2 heteroatoms. The highest BCUT2D eigenvalue weighted by Gasteiger charge is 2.33. The van der Waals surface area contributed by atoms with Crippen molar-refractivity contribution < 1.29 is 4.79 Å². The molecule has 0 amide bonds. The van der Waals surface area contributed by atoms with Gasteiger partial charge in [-0.2, -0.15) is 0 Å². The molecule has 1 aliphatic heterocycles. The molecule has 1 fully saturated rings. The number of carbonyl (C=O) groups excluding carboxylic acids is 1. The first-order valence-corrected chi connectivity index (χ1v) is 3.56. The molecule has 0 saturated carbocycles. The van der Waals surface area contributed by atoms with Crippen LogP contribution in [0.1, 0.15) is 20.3 Å². The maximum atomic E-state index is 10.8. The molecule has 9 heavy (non-hydrogen) atoms. The second-order valence-corrected chi connectivity index (χ2v) is 2.45. The molecular formula is C7H13NO. The highest BCUT2D eigenvalue weighted by molar-refractivity contribution is 5.91. The van der Waals surface area contributed by atoms with Gasteiger partial charge in [-0.15, -0.1) is 0 Å². The van der Waals surface area contributed by atoms with Crippen molar-refractivity contribution in [2.45, 2.75) is 26.3 Å². The molecule has 0 N–H and O–H groups in total. The Bertz CT molecular complexity index is 122. The van der Waals surface area contributed by atoms with E-state index in [2.05, 4.69) is 18.7 Å². The van der Waals surface area contributed by atoms with Crippen LogP contribution < -0.4 is 0 Å². The molecule has 2 nitrogen and oxygen atoms in total. The normalized spacial score (nSPS) is 28.2. The molecule has 1 saturated heterocycles. The summed E-state index contributed by atoms with van der Waals surface area (Å²) in [7, 11) is 0. The minimum atomic E-state index is 0.259. The number of rotatable bonds is 2. The lowest BCUT2D eigenvalue weighted by Gasteiger charge is -2.37. The van der Waals surface area contributed by atoms with Gasteiger partial charge < -0.3 is 0 Å². The lowest BCUT2D eigenvalue weighted by Crippen LogP contribution is -2.56. The van der Waals surface area contributed by atoms with Crippen molar-refractivity contribution >= 4 is 5.78 Å². The number of likely N-dealkylation sites (N-methyl/N-ethyl adjacent to an activating group) is 1. The third kappa shape index (κ3) is 0.990. The third-order valence-corrected chi connectivity index (χ3v) is 1.96. The quantitative estimate of drug-likeness (QED) is 0.543. The van der Waals surface area contributed by atoms with Crippen molar-refractivity contribution in [3.05, 3.63) is 0 Å². The Hall–Kier alpha value is -0.370. The van der Waals surface area contributed by atoms with E-state index in [9.17, 15) is 4.79 Å². The Labute approximate surface area is 55.8 Å². The molecule has 0 aromatic carbocycles. The number of nitrogens with zero attached hydrogens (tertiary/aromatic N) is 1. The average molecular weight is 127 g/mol. The van der Waals surface area contributed by atoms with Crippen LogP contribution in [0.15, 0.2) is 0 Å². The maximum Gasteiger partial charge on any atom is 0.163 e. The number of hydrogen-bond acceptors (Lipinski definition) is 2. The van der Waals surface area contributed by atoms with Gasteiger partial charge in [0.05, 0.1) is 12.6 Å². The van der Waals surface area contributed by atoms with Gasteiger partial charge in [-0.1, -0.05) is 13.8 Å². The number of hydrogen-bond donors (Lipinski definition) is 0. The number of carbonyl (C=O) groups is 1. The standard InChI is InChI=1S/C7H13NO/c1-3-6-7(9)5-8(6)4-2/h6H,3-5H2,1-2H3. The zero-order valence-corrected chi connectivity index (χ0v) is 6.05. The minimum absolute atomic E-state index is 0.259. The molecule has 0 spiro atoms. The number of Topliss-reactive ketones (excluding diaryl/α,β-unsaturated/α-hetero) is 1. The summed E-state index contributed by atoms with van der Waals surface area (Å²) in [6, 6.07) is 0.259. The van der Waals surface area contributed by atoms with Gasteiger partial charge in [0.25, 0.3) is 0 Å². The van der Waals surface area contributed by atoms with E-state index in [1.165, 1.54) is 0 Å². The van der Waals surface area contributed by atoms with Gasteiger partial charge in [0.1, 0.15) is 0 Å². The topological polar surface area (TPSA) is 20.3 Å². The average Bonchev–Trinajstić information content (AvgIpc) is 1.83. The minimum Gasteiger partial charge on any atom is -0.296 e. The van der Waals surface area contributed by atoms with Crippen molar-refractivity contribution in [3.8, 4) is 0 Å². The first-order chi connectivity index (χ1) is 4.29. The largest absolute Gasteiger partial charge is 0.296 e. The summed E-state index contributed by atoms with van der Waals surface area (Å²) >= 11 is 0. The lowest BCUT2D eigenvalue weighted by atomic mass is 9.99. The predicted molar refractivity (Wildman–Crippen MR) is 36.3 cm³/mol. The molecule has 1 heterocycles. The van der Waals surface area contributed by atoms with Crippen LogP contribution in [-0.2, 0) is 4.79 Å². The van der Waals surface area contributed by atoms with E-state index in [0.29, 0.717) is 12.3 Å². The van der Waals surface area contributed by atoms with Gasteiger partial charge in [0.2, 0.25) is 0 Å². The zero-order chi connectivity index (χ0) is 6.85. The molecule has 0 aromatic heterocycles. The molecule has 1 aliphatic rings. The Kier molecular flexibility index (Phi) is 1.86. The van der Waals surface area contributed by atoms with Gasteiger partial charge in [0.15, 0.2) is 5.78 Å². The predicted octanol–water partition coefficient (Wildman–Crippen LogP) is 0.670. The van der Waals surface area contributed by atoms with E-state index >= 15 is 0 Å². The summed E-state index contributed by atoms with van der Waals surface area (Å²) in [5, 5.41) is 0. The molecule has 52 valence electrons. The Morgan fingerprint density at radius 3 is 2.56 bits per heavy atom. The summed E-state index contributed by atoms with van der Waals surface area (Å²) in [5.41, 5.74) is 0. The fraction of sp³-hybridized carbons (Fsp3) is 0.857. The first-order valence-electron chi connectivity index (χ1n) is 3.56. The van der Waals surface area contributed by atoms with E-state index in [-0.39, 0.29) is 6.04 Å². The maximum absolute atomic E-state index is 10.8. The van der Waals surface area contributed by atoms with Gasteiger partial charge in [-0.05, 0) is 13.0 Å². The summed E-state index contributed by atoms with van der Waals surface area (Å²) in [6.07, 6.45) is 0.979. The molecule has 1 unspecified atom stereocenters. The Morgan fingerprint density at radius 2 is 2.33 bits per heavy atom. The van der Waals surface area contributed by atoms with Gasteiger partial charge in [-0.25, -0.2) is 0 Å². The fourth-order valence-corrected chi connectivity index (χ4v) is 1.32. The lowest BCUT2D eigenvalue weighted by molar-refractivity contribution is -0.136. The smallest absolute Gasteiger partial charge is 0.163 e. The first kappa shape index (κ1) is 6.75. The Balaban J connectivity index is 2.38. The van der Waals surface area contributed by atoms with Crippen LogP contribution in [0.2, 0.25) is 0 Å². The van der Waals surface area contributed by atoms with E-state index in [1.807, 2.05) is 0 Å². The van der Waals surface area contributed by atoms with Crippen LogP contribution in [0.25, 0.3) is 0 Å². The van der Waals surface area contributed by atoms with Crippen LogP contribution in [0.4, 0.5) is 0 Å². The van der Waals surface area contributed by atoms with E-state index in [1.54, 1.807) is 0 Å². The summed E-state index contributed by atoms with van der Waals surface area (Å²) in [4.78, 5) is 13.0. The van der Waals surface area contributed by atoms with E-state index in [0.717, 1.165) is 13.0 Å². The van der Waals surface area contributed by atoms with Crippen molar-refractivity contribution in [3.63, 3.8) is 0 Å². The van der Waals surface area contributed by atoms with Crippen LogP contribution in [0.3, 0.4) is 0 Å². The molecule has 0 radical (unpaired) electrons. The SMILES string of the molecule is CCC1C(=O)CN1CC. The highest BCUT2D eigenvalue weighted by Crippen LogP contribution is 2.14. The molecule has 1 atom stereocenters. The van der Waals surface area contributed by atoms with E-state index in [4.69, 9.17) is 0 Å². The van der Waals surface area contributed by atoms with E-state index < -0.39 is 0 Å². The van der Waals surface area contributed by atoms with Crippen molar-refractivity contribution in [1.29, 1.82) is 0 Å². The molecular weight excluding hydrogens is 114 g/mol. The van der Waals surface area contributed by atoms with Crippen LogP contribution >= 0.6 is 0 Å². The summed E-state index contributed by atoms with van der Waals surface area (Å²) < 4.78 is 0. The molecule has 0 aliphatic carbocycles. The zero-order valence-electron chi connectivity index (χ0n) is 6.05. The van der Waals surface area contributed by atoms with Crippen molar-refractivity contribution in [2.24, 2.45) is 0 Å². The van der Waals surface area contributed by atoms with Crippen LogP contribution in [0, 0.1) is 0 Å². The molecule has 0 bridgehead atoms. The number of likely N-dealkylation sites (tertiary alicyclic amines) is 1. The fourth-order valence-electron chi connectivity index (χ4n) is 1.32. The van der Waals surface area contributed by atoms with Gasteiger partial charge >= 0.3 is 0 Å². The third-order valence-electron chi connectivity index (χ3n) is 1.96.